The van der Waals surface area contributed by atoms with Gasteiger partial charge in [0.05, 0.1) is 0 Å². The van der Waals surface area contributed by atoms with E-state index in [1.54, 1.807) is 6.07 Å². The second-order valence-corrected chi connectivity index (χ2v) is 8.24. The van der Waals surface area contributed by atoms with Gasteiger partial charge in [-0.15, -0.1) is 0 Å². The summed E-state index contributed by atoms with van der Waals surface area (Å²) in [6, 6.07) is 9.32. The molecule has 1 N–H and O–H groups in total. The van der Waals surface area contributed by atoms with E-state index >= 15 is 0 Å². The van der Waals surface area contributed by atoms with Crippen molar-refractivity contribution in [2.45, 2.75) is 52.2 Å². The fourth-order valence-corrected chi connectivity index (χ4v) is 3.46. The quantitative estimate of drug-likeness (QED) is 0.876. The number of fused-ring (bicyclic) bond motifs is 1. The van der Waals surface area contributed by atoms with Crippen molar-refractivity contribution in [1.29, 1.82) is 0 Å². The normalized spacial score (nSPS) is 19.0. The van der Waals surface area contributed by atoms with Crippen molar-refractivity contribution in [1.82, 2.24) is 10.2 Å². The molecule has 6 nitrogen and oxygen atoms in total. The highest BCUT2D eigenvalue weighted by Crippen LogP contribution is 2.24. The van der Waals surface area contributed by atoms with Gasteiger partial charge in [-0.3, -0.25) is 4.79 Å². The highest BCUT2D eigenvalue weighted by atomic mass is 16.6. The third-order valence-corrected chi connectivity index (χ3v) is 4.83. The van der Waals surface area contributed by atoms with Gasteiger partial charge in [-0.1, -0.05) is 18.2 Å². The number of furan rings is 1. The van der Waals surface area contributed by atoms with Crippen LogP contribution in [0.2, 0.25) is 0 Å². The second kappa shape index (κ2) is 7.62. The maximum atomic E-state index is 12.9. The van der Waals surface area contributed by atoms with Gasteiger partial charge in [0.25, 0.3) is 5.91 Å². The molecule has 1 aromatic heterocycles. The molecule has 0 unspecified atom stereocenters. The number of alkyl carbamates (subject to hydrolysis) is 1. The first-order valence-corrected chi connectivity index (χ1v) is 9.50. The number of hydrogen-bond donors (Lipinski definition) is 1. The van der Waals surface area contributed by atoms with E-state index in [2.05, 4.69) is 5.32 Å². The molecule has 0 radical (unpaired) electrons. The van der Waals surface area contributed by atoms with E-state index in [-0.39, 0.29) is 17.9 Å². The minimum atomic E-state index is -0.528. The SMILES string of the molecule is C[C@@H](NC(=O)OC(C)(C)C)[C@H]1CCCN(C(=O)c2cc3ccccc3o2)C1. The minimum Gasteiger partial charge on any atom is -0.451 e. The zero-order valence-electron chi connectivity index (χ0n) is 16.5. The van der Waals surface area contributed by atoms with Crippen molar-refractivity contribution >= 4 is 23.0 Å². The Hall–Kier alpha value is -2.50. The molecule has 0 bridgehead atoms. The van der Waals surface area contributed by atoms with Crippen LogP contribution in [0.1, 0.15) is 51.1 Å². The van der Waals surface area contributed by atoms with E-state index in [0.29, 0.717) is 18.8 Å². The number of carbonyl (C=O) groups is 2. The van der Waals surface area contributed by atoms with Gasteiger partial charge in [0.15, 0.2) is 5.76 Å². The van der Waals surface area contributed by atoms with E-state index in [0.717, 1.165) is 23.8 Å². The van der Waals surface area contributed by atoms with Crippen molar-refractivity contribution in [3.63, 3.8) is 0 Å². The van der Waals surface area contributed by atoms with Crippen LogP contribution in [0.4, 0.5) is 4.79 Å². The van der Waals surface area contributed by atoms with E-state index in [4.69, 9.17) is 9.15 Å². The number of nitrogens with one attached hydrogen (secondary N) is 1. The first-order valence-electron chi connectivity index (χ1n) is 9.50. The molecule has 6 heteroatoms. The fraction of sp³-hybridized carbons (Fsp3) is 0.524. The molecule has 0 aliphatic carbocycles. The molecule has 1 aliphatic heterocycles. The fourth-order valence-electron chi connectivity index (χ4n) is 3.46. The number of amides is 2. The minimum absolute atomic E-state index is 0.0777. The standard InChI is InChI=1S/C21H28N2O4/c1-14(22-20(25)27-21(2,3)4)16-9-7-11-23(13-16)19(24)18-12-15-8-5-6-10-17(15)26-18/h5-6,8,10,12,14,16H,7,9,11,13H2,1-4H3,(H,22,25)/t14-,16+/m1/s1. The summed E-state index contributed by atoms with van der Waals surface area (Å²) in [5.74, 6) is 0.449. The van der Waals surface area contributed by atoms with E-state index in [1.165, 1.54) is 0 Å². The summed E-state index contributed by atoms with van der Waals surface area (Å²) in [5, 5.41) is 3.83. The molecular weight excluding hydrogens is 344 g/mol. The van der Waals surface area contributed by atoms with Crippen molar-refractivity contribution in [3.8, 4) is 0 Å². The average Bonchev–Trinajstić information content (AvgIpc) is 3.03. The molecule has 2 heterocycles. The van der Waals surface area contributed by atoms with Crippen LogP contribution in [0.3, 0.4) is 0 Å². The smallest absolute Gasteiger partial charge is 0.407 e. The Labute approximate surface area is 159 Å². The van der Waals surface area contributed by atoms with Gasteiger partial charge >= 0.3 is 6.09 Å². The Kier molecular flexibility index (Phi) is 5.44. The number of nitrogens with zero attached hydrogens (tertiary/aromatic N) is 1. The Morgan fingerprint density at radius 2 is 2.04 bits per heavy atom. The molecule has 27 heavy (non-hydrogen) atoms. The van der Waals surface area contributed by atoms with Gasteiger partial charge in [-0.25, -0.2) is 4.79 Å². The largest absolute Gasteiger partial charge is 0.451 e. The zero-order chi connectivity index (χ0) is 19.6. The molecular formula is C21H28N2O4. The third-order valence-electron chi connectivity index (χ3n) is 4.83. The van der Waals surface area contributed by atoms with Crippen LogP contribution in [0.25, 0.3) is 11.0 Å². The molecule has 1 aliphatic rings. The molecule has 146 valence electrons. The Bertz CT molecular complexity index is 788. The Morgan fingerprint density at radius 1 is 1.30 bits per heavy atom. The highest BCUT2D eigenvalue weighted by Gasteiger charge is 2.30. The molecule has 2 atom stereocenters. The Balaban J connectivity index is 1.63. The van der Waals surface area contributed by atoms with Crippen LogP contribution < -0.4 is 5.32 Å². The van der Waals surface area contributed by atoms with Gasteiger partial charge in [0.2, 0.25) is 0 Å². The summed E-state index contributed by atoms with van der Waals surface area (Å²) in [6.07, 6.45) is 1.44. The third kappa shape index (κ3) is 4.81. The lowest BCUT2D eigenvalue weighted by atomic mass is 9.91. The van der Waals surface area contributed by atoms with Crippen LogP contribution in [0.5, 0.6) is 0 Å². The van der Waals surface area contributed by atoms with Crippen molar-refractivity contribution in [2.75, 3.05) is 13.1 Å². The number of piperidine rings is 1. The van der Waals surface area contributed by atoms with Crippen LogP contribution in [0.15, 0.2) is 34.7 Å². The van der Waals surface area contributed by atoms with Crippen molar-refractivity contribution in [3.05, 3.63) is 36.1 Å². The summed E-state index contributed by atoms with van der Waals surface area (Å²) < 4.78 is 11.0. The zero-order valence-corrected chi connectivity index (χ0v) is 16.5. The first-order chi connectivity index (χ1) is 12.7. The lowest BCUT2D eigenvalue weighted by Crippen LogP contribution is -2.48. The molecule has 1 saturated heterocycles. The van der Waals surface area contributed by atoms with Crippen LogP contribution in [0, 0.1) is 5.92 Å². The number of carbonyl (C=O) groups excluding carboxylic acids is 2. The molecule has 2 aromatic rings. The monoisotopic (exact) mass is 372 g/mol. The number of hydrogen-bond acceptors (Lipinski definition) is 4. The number of para-hydroxylation sites is 1. The van der Waals surface area contributed by atoms with Crippen LogP contribution in [-0.4, -0.2) is 41.6 Å². The lowest BCUT2D eigenvalue weighted by Gasteiger charge is -2.35. The first kappa shape index (κ1) is 19.3. The van der Waals surface area contributed by atoms with Gasteiger partial charge in [-0.2, -0.15) is 0 Å². The second-order valence-electron chi connectivity index (χ2n) is 8.24. The van der Waals surface area contributed by atoms with Gasteiger partial charge in [0.1, 0.15) is 11.2 Å². The number of ether oxygens (including phenoxy) is 1. The summed E-state index contributed by atoms with van der Waals surface area (Å²) in [6.45, 7) is 8.77. The van der Waals surface area contributed by atoms with E-state index in [1.807, 2.05) is 56.9 Å². The van der Waals surface area contributed by atoms with Crippen molar-refractivity contribution < 1.29 is 18.7 Å². The summed E-state index contributed by atoms with van der Waals surface area (Å²) >= 11 is 0. The molecule has 2 amide bonds. The lowest BCUT2D eigenvalue weighted by molar-refractivity contribution is 0.0456. The molecule has 3 rings (SSSR count). The van der Waals surface area contributed by atoms with Gasteiger partial charge in [0, 0.05) is 24.5 Å². The molecule has 0 spiro atoms. The van der Waals surface area contributed by atoms with Crippen LogP contribution in [-0.2, 0) is 4.74 Å². The van der Waals surface area contributed by atoms with Gasteiger partial charge in [-0.05, 0) is 58.6 Å². The summed E-state index contributed by atoms with van der Waals surface area (Å²) in [4.78, 5) is 26.7. The number of likely N-dealkylation sites (tertiary alicyclic amines) is 1. The predicted octanol–water partition coefficient (Wildman–Crippen LogP) is 4.20. The van der Waals surface area contributed by atoms with E-state index < -0.39 is 11.7 Å². The average molecular weight is 372 g/mol. The van der Waals surface area contributed by atoms with Crippen LogP contribution >= 0.6 is 0 Å². The van der Waals surface area contributed by atoms with E-state index in [9.17, 15) is 9.59 Å². The molecule has 1 fully saturated rings. The molecule has 0 saturated carbocycles. The van der Waals surface area contributed by atoms with Crippen molar-refractivity contribution in [2.24, 2.45) is 5.92 Å². The highest BCUT2D eigenvalue weighted by molar-refractivity contribution is 5.96. The summed E-state index contributed by atoms with van der Waals surface area (Å²) in [7, 11) is 0. The number of rotatable bonds is 3. The molecule has 1 aromatic carbocycles. The topological polar surface area (TPSA) is 71.8 Å². The van der Waals surface area contributed by atoms with Gasteiger partial charge < -0.3 is 19.4 Å². The Morgan fingerprint density at radius 3 is 2.74 bits per heavy atom. The summed E-state index contributed by atoms with van der Waals surface area (Å²) in [5.41, 5.74) is 0.189. The maximum Gasteiger partial charge on any atom is 0.407 e. The predicted molar refractivity (Wildman–Crippen MR) is 104 cm³/mol. The number of benzene rings is 1. The maximum absolute atomic E-state index is 12.9.